The van der Waals surface area contributed by atoms with E-state index in [9.17, 15) is 35.4 Å². The Morgan fingerprint density at radius 2 is 1.75 bits per heavy atom. The number of carbonyl (C=O) groups is 1. The van der Waals surface area contributed by atoms with E-state index in [-0.39, 0.29) is 28.2 Å². The molecule has 0 radical (unpaired) electrons. The molecule has 10 heteroatoms. The van der Waals surface area contributed by atoms with Crippen LogP contribution >= 0.6 is 0 Å². The molecule has 2 aliphatic heterocycles. The molecule has 6 N–H and O–H groups in total. The van der Waals surface area contributed by atoms with E-state index < -0.39 is 61.6 Å². The van der Waals surface area contributed by atoms with Crippen LogP contribution in [0.3, 0.4) is 0 Å². The number of esters is 1. The molecule has 4 aliphatic rings. The summed E-state index contributed by atoms with van der Waals surface area (Å²) in [5, 5.41) is 61.8. The van der Waals surface area contributed by atoms with Crippen LogP contribution < -0.4 is 4.74 Å². The molecule has 0 amide bonds. The number of hydrogen-bond acceptors (Lipinski definition) is 10. The molecular weight excluding hydrogens is 472 g/mol. The minimum Gasteiger partial charge on any atom is -0.461 e. The molecule has 1 saturated carbocycles. The summed E-state index contributed by atoms with van der Waals surface area (Å²) in [5.41, 5.74) is 1.62. The molecule has 200 valence electrons. The van der Waals surface area contributed by atoms with Gasteiger partial charge in [0.15, 0.2) is 0 Å². The highest BCUT2D eigenvalue weighted by Crippen LogP contribution is 2.61. The Morgan fingerprint density at radius 1 is 1.03 bits per heavy atom. The zero-order valence-electron chi connectivity index (χ0n) is 20.8. The third kappa shape index (κ3) is 3.61. The van der Waals surface area contributed by atoms with Crippen molar-refractivity contribution < 1.29 is 49.6 Å². The van der Waals surface area contributed by atoms with Crippen molar-refractivity contribution in [3.8, 4) is 5.75 Å². The SMILES string of the molecule is CC1(C)CCCC2(C)c3c(c(OC4OC(CO)C(O)C(O)C4O)c(CO)c4c3C(O)OC4=O)CCC12. The monoisotopic (exact) mass is 508 g/mol. The number of fused-ring (bicyclic) bond motifs is 5. The van der Waals surface area contributed by atoms with Gasteiger partial charge in [-0.2, -0.15) is 0 Å². The molecule has 2 heterocycles. The predicted molar refractivity (Wildman–Crippen MR) is 124 cm³/mol. The average molecular weight is 509 g/mol. The van der Waals surface area contributed by atoms with Crippen LogP contribution in [0.15, 0.2) is 0 Å². The average Bonchev–Trinajstić information content (AvgIpc) is 3.11. The van der Waals surface area contributed by atoms with Crippen LogP contribution in [-0.4, -0.2) is 73.9 Å². The molecule has 0 bridgehead atoms. The van der Waals surface area contributed by atoms with E-state index >= 15 is 0 Å². The number of cyclic esters (lactones) is 1. The van der Waals surface area contributed by atoms with Crippen molar-refractivity contribution in [2.24, 2.45) is 11.3 Å². The highest BCUT2D eigenvalue weighted by atomic mass is 16.7. The summed E-state index contributed by atoms with van der Waals surface area (Å²) in [6.07, 6.45) is -4.77. The third-order valence-electron chi connectivity index (χ3n) is 9.08. The molecule has 0 aromatic heterocycles. The van der Waals surface area contributed by atoms with E-state index in [1.165, 1.54) is 0 Å². The van der Waals surface area contributed by atoms with Crippen LogP contribution in [0.4, 0.5) is 0 Å². The van der Waals surface area contributed by atoms with Crippen LogP contribution in [0.2, 0.25) is 0 Å². The first-order chi connectivity index (χ1) is 17.0. The summed E-state index contributed by atoms with van der Waals surface area (Å²) >= 11 is 0. The van der Waals surface area contributed by atoms with Gasteiger partial charge in [0.2, 0.25) is 12.6 Å². The van der Waals surface area contributed by atoms with Gasteiger partial charge in [-0.05, 0) is 53.6 Å². The summed E-state index contributed by atoms with van der Waals surface area (Å²) in [6, 6.07) is 0. The number of rotatable bonds is 4. The zero-order valence-corrected chi connectivity index (χ0v) is 20.8. The van der Waals surface area contributed by atoms with Gasteiger partial charge in [-0.25, -0.2) is 4.79 Å². The van der Waals surface area contributed by atoms with E-state index in [4.69, 9.17) is 14.2 Å². The minimum absolute atomic E-state index is 0.0277. The maximum absolute atomic E-state index is 12.9. The van der Waals surface area contributed by atoms with Crippen molar-refractivity contribution >= 4 is 5.97 Å². The van der Waals surface area contributed by atoms with Crippen molar-refractivity contribution in [2.45, 2.75) is 102 Å². The molecule has 2 fully saturated rings. The number of benzene rings is 1. The lowest BCUT2D eigenvalue weighted by molar-refractivity contribution is -0.277. The van der Waals surface area contributed by atoms with Crippen molar-refractivity contribution in [2.75, 3.05) is 6.61 Å². The molecule has 36 heavy (non-hydrogen) atoms. The van der Waals surface area contributed by atoms with E-state index in [0.717, 1.165) is 31.2 Å². The number of aliphatic hydroxyl groups is 6. The zero-order chi connectivity index (χ0) is 26.2. The number of hydrogen-bond donors (Lipinski definition) is 6. The number of carbonyl (C=O) groups excluding carboxylic acids is 1. The van der Waals surface area contributed by atoms with Crippen molar-refractivity contribution in [3.63, 3.8) is 0 Å². The van der Waals surface area contributed by atoms with Gasteiger partial charge < -0.3 is 44.8 Å². The third-order valence-corrected chi connectivity index (χ3v) is 9.08. The lowest BCUT2D eigenvalue weighted by Gasteiger charge is -2.55. The predicted octanol–water partition coefficient (Wildman–Crippen LogP) is 0.549. The fourth-order valence-corrected chi connectivity index (χ4v) is 7.44. The minimum atomic E-state index is -1.66. The molecule has 2 aliphatic carbocycles. The largest absolute Gasteiger partial charge is 0.461 e. The fourth-order valence-electron chi connectivity index (χ4n) is 7.44. The van der Waals surface area contributed by atoms with Gasteiger partial charge in [0, 0.05) is 11.1 Å². The fraction of sp³-hybridized carbons (Fsp3) is 0.731. The second-order valence-electron chi connectivity index (χ2n) is 11.5. The Morgan fingerprint density at radius 3 is 2.42 bits per heavy atom. The quantitative estimate of drug-likeness (QED) is 0.316. The first kappa shape index (κ1) is 25.8. The second-order valence-corrected chi connectivity index (χ2v) is 11.5. The van der Waals surface area contributed by atoms with E-state index in [2.05, 4.69) is 20.8 Å². The first-order valence-electron chi connectivity index (χ1n) is 12.7. The molecule has 8 atom stereocenters. The number of ether oxygens (including phenoxy) is 3. The van der Waals surface area contributed by atoms with Gasteiger partial charge >= 0.3 is 5.97 Å². The summed E-state index contributed by atoms with van der Waals surface area (Å²) in [4.78, 5) is 12.9. The maximum Gasteiger partial charge on any atom is 0.341 e. The Bertz CT molecular complexity index is 1050. The smallest absolute Gasteiger partial charge is 0.341 e. The summed E-state index contributed by atoms with van der Waals surface area (Å²) in [6.45, 7) is 5.41. The molecule has 1 aromatic rings. The van der Waals surface area contributed by atoms with Crippen LogP contribution in [0.5, 0.6) is 5.75 Å². The molecule has 10 nitrogen and oxygen atoms in total. The normalized spacial score (nSPS) is 39.1. The van der Waals surface area contributed by atoms with Crippen molar-refractivity contribution in [1.29, 1.82) is 0 Å². The van der Waals surface area contributed by atoms with Gasteiger partial charge in [-0.3, -0.25) is 0 Å². The van der Waals surface area contributed by atoms with Crippen molar-refractivity contribution in [3.05, 3.63) is 27.8 Å². The molecular formula is C26H36O10. The Kier molecular flexibility index (Phi) is 6.39. The summed E-state index contributed by atoms with van der Waals surface area (Å²) in [5.74, 6) is -0.369. The van der Waals surface area contributed by atoms with Gasteiger partial charge in [0.1, 0.15) is 30.2 Å². The Hall–Kier alpha value is -1.79. The Labute approximate surface area is 209 Å². The first-order valence-corrected chi connectivity index (χ1v) is 12.7. The molecule has 0 spiro atoms. The van der Waals surface area contributed by atoms with Gasteiger partial charge in [0.25, 0.3) is 0 Å². The van der Waals surface area contributed by atoms with Crippen molar-refractivity contribution in [1.82, 2.24) is 0 Å². The lowest BCUT2D eigenvalue weighted by atomic mass is 9.49. The molecule has 1 saturated heterocycles. The summed E-state index contributed by atoms with van der Waals surface area (Å²) < 4.78 is 16.9. The summed E-state index contributed by atoms with van der Waals surface area (Å²) in [7, 11) is 0. The van der Waals surface area contributed by atoms with E-state index in [0.29, 0.717) is 17.5 Å². The molecule has 8 unspecified atom stereocenters. The maximum atomic E-state index is 12.9. The van der Waals surface area contributed by atoms with E-state index in [1.807, 2.05) is 0 Å². The van der Waals surface area contributed by atoms with Gasteiger partial charge in [-0.1, -0.05) is 27.2 Å². The Balaban J connectivity index is 1.70. The van der Waals surface area contributed by atoms with Gasteiger partial charge in [0.05, 0.1) is 18.8 Å². The standard InChI is InChI=1S/C26H36O10/c1-25(2)7-4-8-26(3)14(25)6-5-11-17(26)16-15(22(32)36-23(16)33)12(9-27)21(11)35-24-20(31)19(30)18(29)13(10-28)34-24/h13-14,18-20,23-24,27-31,33H,4-10H2,1-3H3. The van der Waals surface area contributed by atoms with Crippen LogP contribution in [-0.2, 0) is 27.9 Å². The lowest BCUT2D eigenvalue weighted by Crippen LogP contribution is -2.60. The second kappa shape index (κ2) is 8.90. The number of aliphatic hydroxyl groups excluding tert-OH is 6. The van der Waals surface area contributed by atoms with Crippen LogP contribution in [0.25, 0.3) is 0 Å². The topological polar surface area (TPSA) is 166 Å². The molecule has 1 aromatic carbocycles. The van der Waals surface area contributed by atoms with Crippen LogP contribution in [0.1, 0.15) is 85.4 Å². The molecule has 5 rings (SSSR count). The van der Waals surface area contributed by atoms with Gasteiger partial charge in [-0.15, -0.1) is 0 Å². The van der Waals surface area contributed by atoms with E-state index in [1.54, 1.807) is 0 Å². The van der Waals surface area contributed by atoms with Crippen LogP contribution in [0, 0.1) is 11.3 Å². The highest BCUT2D eigenvalue weighted by Gasteiger charge is 2.55. The highest BCUT2D eigenvalue weighted by molar-refractivity contribution is 5.97.